The van der Waals surface area contributed by atoms with Gasteiger partial charge in [-0.1, -0.05) is 6.92 Å². The van der Waals surface area contributed by atoms with E-state index in [9.17, 15) is 17.2 Å². The summed E-state index contributed by atoms with van der Waals surface area (Å²) >= 11 is 0. The summed E-state index contributed by atoms with van der Waals surface area (Å²) in [6.07, 6.45) is -2.56. The van der Waals surface area contributed by atoms with Gasteiger partial charge in [0.2, 0.25) is 0 Å². The van der Waals surface area contributed by atoms with Crippen molar-refractivity contribution in [1.82, 2.24) is 0 Å². The molecule has 0 saturated carbocycles. The highest BCUT2D eigenvalue weighted by molar-refractivity contribution is 7.86. The zero-order chi connectivity index (χ0) is 11.6. The molecule has 0 aromatic rings. The van der Waals surface area contributed by atoms with E-state index in [-0.39, 0.29) is 6.42 Å². The minimum absolute atomic E-state index is 0.203. The van der Waals surface area contributed by atoms with Gasteiger partial charge in [0, 0.05) is 0 Å². The maximum atomic E-state index is 13.0. The van der Waals surface area contributed by atoms with E-state index in [1.165, 1.54) is 20.8 Å². The van der Waals surface area contributed by atoms with Crippen molar-refractivity contribution in [1.29, 1.82) is 0 Å². The summed E-state index contributed by atoms with van der Waals surface area (Å²) in [5.74, 6) is 0. The molecule has 0 amide bonds. The van der Waals surface area contributed by atoms with E-state index >= 15 is 0 Å². The normalized spacial score (nSPS) is 15.9. The largest absolute Gasteiger partial charge is 0.395 e. The van der Waals surface area contributed by atoms with Crippen LogP contribution in [0.3, 0.4) is 0 Å². The summed E-state index contributed by atoms with van der Waals surface area (Å²) < 4.78 is 59.7. The van der Waals surface area contributed by atoms with E-state index in [1.807, 2.05) is 0 Å². The Labute approximate surface area is 82.0 Å². The molecule has 1 unspecified atom stereocenters. The number of halogens is 2. The molecule has 86 valence electrons. The van der Waals surface area contributed by atoms with E-state index in [2.05, 4.69) is 0 Å². The molecule has 7 heteroatoms. The maximum absolute atomic E-state index is 13.0. The Morgan fingerprint density at radius 1 is 1.43 bits per heavy atom. The standard InChI is InChI=1S/C7H14F2O4S/c1-4-6(13-5(2)3)7(8,9)14(10,11)12/h5-6H,4H2,1-3H3,(H,10,11,12). The lowest BCUT2D eigenvalue weighted by molar-refractivity contribution is -0.109. The molecular weight excluding hydrogens is 218 g/mol. The third-order valence-corrected chi connectivity index (χ3v) is 2.48. The van der Waals surface area contributed by atoms with Gasteiger partial charge in [0.15, 0.2) is 0 Å². The zero-order valence-corrected chi connectivity index (χ0v) is 9.01. The molecule has 0 aliphatic heterocycles. The van der Waals surface area contributed by atoms with Crippen LogP contribution in [0.5, 0.6) is 0 Å². The predicted octanol–water partition coefficient (Wildman–Crippen LogP) is 1.67. The summed E-state index contributed by atoms with van der Waals surface area (Å²) in [6.45, 7) is 4.36. The zero-order valence-electron chi connectivity index (χ0n) is 8.20. The molecule has 0 aliphatic carbocycles. The Morgan fingerprint density at radius 2 is 1.86 bits per heavy atom. The first-order chi connectivity index (χ1) is 6.13. The molecule has 0 fully saturated rings. The van der Waals surface area contributed by atoms with Crippen LogP contribution in [0.15, 0.2) is 0 Å². The lowest BCUT2D eigenvalue weighted by Crippen LogP contribution is -2.43. The summed E-state index contributed by atoms with van der Waals surface area (Å²) in [4.78, 5) is 0. The molecule has 0 heterocycles. The minimum Gasteiger partial charge on any atom is -0.368 e. The Balaban J connectivity index is 4.84. The molecule has 4 nitrogen and oxygen atoms in total. The first-order valence-electron chi connectivity index (χ1n) is 4.13. The van der Waals surface area contributed by atoms with Gasteiger partial charge in [-0.15, -0.1) is 0 Å². The Bertz CT molecular complexity index is 273. The van der Waals surface area contributed by atoms with E-state index in [1.54, 1.807) is 0 Å². The maximum Gasteiger partial charge on any atom is 0.395 e. The summed E-state index contributed by atoms with van der Waals surface area (Å²) in [5, 5.41) is -4.26. The molecule has 0 bridgehead atoms. The van der Waals surface area contributed by atoms with Gasteiger partial charge in [0.25, 0.3) is 0 Å². The molecule has 14 heavy (non-hydrogen) atoms. The fourth-order valence-corrected chi connectivity index (χ4v) is 1.46. The van der Waals surface area contributed by atoms with Gasteiger partial charge in [-0.3, -0.25) is 4.55 Å². The van der Waals surface area contributed by atoms with Crippen molar-refractivity contribution >= 4 is 10.1 Å². The SMILES string of the molecule is CCC(OC(C)C)C(F)(F)S(=O)(=O)O. The highest BCUT2D eigenvalue weighted by Gasteiger charge is 2.52. The van der Waals surface area contributed by atoms with Crippen molar-refractivity contribution < 1.29 is 26.5 Å². The lowest BCUT2D eigenvalue weighted by Gasteiger charge is -2.25. The van der Waals surface area contributed by atoms with E-state index in [0.717, 1.165) is 0 Å². The first-order valence-corrected chi connectivity index (χ1v) is 5.57. The second-order valence-electron chi connectivity index (χ2n) is 3.12. The fraction of sp³-hybridized carbons (Fsp3) is 1.00. The van der Waals surface area contributed by atoms with Crippen molar-refractivity contribution in [3.63, 3.8) is 0 Å². The smallest absolute Gasteiger partial charge is 0.368 e. The second kappa shape index (κ2) is 4.50. The van der Waals surface area contributed by atoms with Crippen LogP contribution in [0.25, 0.3) is 0 Å². The number of hydrogen-bond donors (Lipinski definition) is 1. The highest BCUT2D eigenvalue weighted by Crippen LogP contribution is 2.29. The first kappa shape index (κ1) is 13.7. The summed E-state index contributed by atoms with van der Waals surface area (Å²) in [7, 11) is -5.42. The van der Waals surface area contributed by atoms with Gasteiger partial charge in [0.1, 0.15) is 6.10 Å². The topological polar surface area (TPSA) is 63.6 Å². The van der Waals surface area contributed by atoms with Gasteiger partial charge in [-0.25, -0.2) is 0 Å². The molecule has 0 radical (unpaired) electrons. The minimum atomic E-state index is -5.42. The Morgan fingerprint density at radius 3 is 2.07 bits per heavy atom. The van der Waals surface area contributed by atoms with Crippen molar-refractivity contribution in [2.24, 2.45) is 0 Å². The van der Waals surface area contributed by atoms with Gasteiger partial charge in [-0.05, 0) is 20.3 Å². The summed E-state index contributed by atoms with van der Waals surface area (Å²) in [5.41, 5.74) is 0. The molecule has 0 rings (SSSR count). The number of alkyl halides is 2. The molecule has 0 aromatic carbocycles. The van der Waals surface area contributed by atoms with Gasteiger partial charge >= 0.3 is 15.4 Å². The molecule has 0 saturated heterocycles. The van der Waals surface area contributed by atoms with Crippen LogP contribution >= 0.6 is 0 Å². The molecule has 0 aliphatic rings. The van der Waals surface area contributed by atoms with Crippen LogP contribution in [0.2, 0.25) is 0 Å². The average Bonchev–Trinajstić information content (AvgIpc) is 1.97. The second-order valence-corrected chi connectivity index (χ2v) is 4.61. The van der Waals surface area contributed by atoms with E-state index in [0.29, 0.717) is 0 Å². The number of ether oxygens (including phenoxy) is 1. The quantitative estimate of drug-likeness (QED) is 0.732. The van der Waals surface area contributed by atoms with Crippen molar-refractivity contribution in [3.05, 3.63) is 0 Å². The monoisotopic (exact) mass is 232 g/mol. The predicted molar refractivity (Wildman–Crippen MR) is 46.8 cm³/mol. The van der Waals surface area contributed by atoms with E-state index < -0.39 is 27.6 Å². The summed E-state index contributed by atoms with van der Waals surface area (Å²) in [6, 6.07) is 0. The van der Waals surface area contributed by atoms with Crippen LogP contribution in [-0.2, 0) is 14.9 Å². The number of rotatable bonds is 5. The number of hydrogen-bond acceptors (Lipinski definition) is 3. The Kier molecular flexibility index (Phi) is 4.41. The fourth-order valence-electron chi connectivity index (χ4n) is 0.908. The molecule has 0 spiro atoms. The van der Waals surface area contributed by atoms with E-state index in [4.69, 9.17) is 9.29 Å². The molecule has 1 atom stereocenters. The van der Waals surface area contributed by atoms with Crippen LogP contribution in [0.4, 0.5) is 8.78 Å². The third kappa shape index (κ3) is 3.14. The lowest BCUT2D eigenvalue weighted by atomic mass is 10.3. The molecular formula is C7H14F2O4S. The Hall–Kier alpha value is -0.270. The van der Waals surface area contributed by atoms with Gasteiger partial charge < -0.3 is 4.74 Å². The molecule has 1 N–H and O–H groups in total. The van der Waals surface area contributed by atoms with Crippen LogP contribution in [0, 0.1) is 0 Å². The van der Waals surface area contributed by atoms with Crippen molar-refractivity contribution in [2.75, 3.05) is 0 Å². The highest BCUT2D eigenvalue weighted by atomic mass is 32.2. The van der Waals surface area contributed by atoms with Gasteiger partial charge in [-0.2, -0.15) is 17.2 Å². The average molecular weight is 232 g/mol. The van der Waals surface area contributed by atoms with Crippen molar-refractivity contribution in [3.8, 4) is 0 Å². The third-order valence-electron chi connectivity index (χ3n) is 1.53. The molecule has 0 aromatic heterocycles. The van der Waals surface area contributed by atoms with Crippen molar-refractivity contribution in [2.45, 2.75) is 44.7 Å². The van der Waals surface area contributed by atoms with Crippen LogP contribution < -0.4 is 0 Å². The van der Waals surface area contributed by atoms with Gasteiger partial charge in [0.05, 0.1) is 6.10 Å². The van der Waals surface area contributed by atoms with Crippen LogP contribution in [0.1, 0.15) is 27.2 Å². The van der Waals surface area contributed by atoms with Crippen LogP contribution in [-0.4, -0.2) is 30.4 Å².